The lowest BCUT2D eigenvalue weighted by molar-refractivity contribution is -0.156. The van der Waals surface area contributed by atoms with E-state index < -0.39 is 66.3 Å². The number of rotatable bonds is 17. The van der Waals surface area contributed by atoms with Crippen molar-refractivity contribution >= 4 is 58.9 Å². The van der Waals surface area contributed by atoms with Crippen LogP contribution in [0.15, 0.2) is 285 Å². The number of carboxylic acid groups (broad SMARTS) is 2. The second-order valence-electron chi connectivity index (χ2n) is 28.5. The van der Waals surface area contributed by atoms with Crippen LogP contribution in [0.3, 0.4) is 0 Å². The van der Waals surface area contributed by atoms with Gasteiger partial charge in [-0.05, 0) is 168 Å². The number of benzene rings is 12. The van der Waals surface area contributed by atoms with Gasteiger partial charge in [-0.15, -0.1) is 0 Å². The summed E-state index contributed by atoms with van der Waals surface area (Å²) >= 11 is 0. The molecular formula is C98H94FN5O17. The van der Waals surface area contributed by atoms with E-state index in [0.717, 1.165) is 72.8 Å². The fourth-order valence-corrected chi connectivity index (χ4v) is 14.2. The number of phenolic OH excluding ortho intramolecular Hbond substituents is 2. The molecule has 16 rings (SSSR count). The van der Waals surface area contributed by atoms with Crippen molar-refractivity contribution in [3.8, 4) is 34.5 Å². The minimum Gasteiger partial charge on any atom is -0.508 e. The quantitative estimate of drug-likeness (QED) is 0.0302. The number of esters is 2. The van der Waals surface area contributed by atoms with E-state index in [9.17, 15) is 63.2 Å². The molecule has 9 N–H and O–H groups in total. The fraction of sp³-hybridized carbons (Fsp3) is 0.184. The van der Waals surface area contributed by atoms with Crippen LogP contribution in [0.1, 0.15) is 132 Å². The lowest BCUT2D eigenvalue weighted by Crippen LogP contribution is -2.45. The number of aryl methyl sites for hydroxylation is 3. The van der Waals surface area contributed by atoms with Crippen LogP contribution in [-0.2, 0) is 81.9 Å². The molecule has 12 aromatic rings. The zero-order chi connectivity index (χ0) is 86.3. The number of carboxylic acids is 2. The highest BCUT2D eigenvalue weighted by Crippen LogP contribution is 2.58. The SMILES string of the molecule is C.CC(=O)OC(C)=O.CNc1ccc2c(c1)Oc1cc(C)ccc1C21OCc2ccccc21.Cc1ccc(C[C@H](NC(=O)c2ccccc2)C(=O)O)cc1.Cc1ccc2c(c1)Oc1cc(NC(=O)C(Cc3ccc(O)cc3)NC(=O)c3ccccc3)ccc1C21OCc2ccccc21.O=C(N[C@@H](Cc1ccc(O)cc1)C(=O)O)c1ccccc1.[2H]CF. The number of halogens is 1. The van der Waals surface area contributed by atoms with Gasteiger partial charge in [0.25, 0.3) is 17.7 Å². The van der Waals surface area contributed by atoms with Gasteiger partial charge in [-0.2, -0.15) is 0 Å². The molecule has 2 spiro atoms. The van der Waals surface area contributed by atoms with E-state index in [1.807, 2.05) is 87.6 Å². The number of anilines is 2. The van der Waals surface area contributed by atoms with Gasteiger partial charge in [0.2, 0.25) is 5.91 Å². The average molecular weight is 1630 g/mol. The van der Waals surface area contributed by atoms with E-state index in [2.05, 4.69) is 117 Å². The zero-order valence-electron chi connectivity index (χ0n) is 67.6. The van der Waals surface area contributed by atoms with Gasteiger partial charge in [-0.25, -0.2) is 9.59 Å². The molecule has 0 saturated heterocycles. The first-order valence-corrected chi connectivity index (χ1v) is 38.3. The molecule has 12 aromatic carbocycles. The number of carbonyl (C=O) groups excluding carboxylic acids is 6. The Morgan fingerprint density at radius 2 is 0.727 bits per heavy atom. The lowest BCUT2D eigenvalue weighted by atomic mass is 9.77. The van der Waals surface area contributed by atoms with Crippen molar-refractivity contribution in [2.75, 3.05) is 24.8 Å². The molecule has 0 aliphatic carbocycles. The average Bonchev–Trinajstić information content (AvgIpc) is 1.27. The smallest absolute Gasteiger partial charge is 0.326 e. The number of amides is 4. The Hall–Kier alpha value is -14.6. The second-order valence-corrected chi connectivity index (χ2v) is 28.5. The van der Waals surface area contributed by atoms with Gasteiger partial charge in [-0.1, -0.05) is 189 Å². The number of aliphatic carboxylic acids is 2. The molecule has 121 heavy (non-hydrogen) atoms. The second kappa shape index (κ2) is 41.0. The monoisotopic (exact) mass is 1630 g/mol. The summed E-state index contributed by atoms with van der Waals surface area (Å²) < 4.78 is 45.4. The standard InChI is InChI=1S/C37H30N2O5.C22H19NO2.C17H17NO3.C16H15NO4.C4H6O3.CH3F.CH4/c1-23-11-17-30-33(19-23)44-34-21-27(14-18-31(34)37(30)29-10-6-5-9-26(29)22-43-37)38-36(42)32(20-24-12-15-28(40)16-13-24)39-35(41)25-7-3-2-4-8-25;1-14-7-9-18-20(11-14)25-21-12-16(23-2)8-10-19(21)22(18)17-6-4-3-5-15(17)13-24-22;1-12-7-9-13(10-8-12)11-15(17(20)21)18-16(19)14-5-3-2-4-6-14;18-13-8-6-11(7-9-13)10-14(16(20)21)17-15(19)12-4-2-1-3-5-12;1-3(5)7-4(2)6;1-2;/h2-19,21,32,40H,20,22H2,1H3,(H,38,42)(H,39,41);3-12,23H,13H2,1-2H3;2-10,15H,11H2,1H3,(H,18,19)(H,20,21);1-9,14,18H,10H2,(H,17,19)(H,20,21);1-2H3;1H3;1H4/t;;15-;14-;;;/m..00.../s1/i;;;;;1D;. The highest BCUT2D eigenvalue weighted by Gasteiger charge is 2.51. The Bertz CT molecular complexity index is 5560. The lowest BCUT2D eigenvalue weighted by Gasteiger charge is -2.37. The molecule has 22 nitrogen and oxygen atoms in total. The third-order valence-electron chi connectivity index (χ3n) is 20.0. The van der Waals surface area contributed by atoms with Gasteiger partial charge in [0, 0.05) is 103 Å². The molecule has 0 bridgehead atoms. The molecule has 4 amide bonds. The Kier molecular flexibility index (Phi) is 29.6. The van der Waals surface area contributed by atoms with Crippen LogP contribution in [0.2, 0.25) is 0 Å². The molecule has 0 radical (unpaired) electrons. The normalized spacial score (nSPS) is 14.8. The summed E-state index contributed by atoms with van der Waals surface area (Å²) in [6.07, 6.45) is 0.634. The molecule has 620 valence electrons. The third-order valence-corrected chi connectivity index (χ3v) is 20.0. The van der Waals surface area contributed by atoms with Gasteiger partial charge in [-0.3, -0.25) is 33.2 Å². The summed E-state index contributed by atoms with van der Waals surface area (Å²) in [5, 5.41) is 51.5. The minimum atomic E-state index is -1.10. The number of hydrogen-bond acceptors (Lipinski definition) is 16. The van der Waals surface area contributed by atoms with Gasteiger partial charge in [0.1, 0.15) is 52.6 Å². The Morgan fingerprint density at radius 3 is 1.09 bits per heavy atom. The van der Waals surface area contributed by atoms with Crippen LogP contribution in [0.4, 0.5) is 15.8 Å². The van der Waals surface area contributed by atoms with Crippen molar-refractivity contribution in [2.45, 2.75) is 104 Å². The topological polar surface area (TPSA) is 324 Å². The first-order chi connectivity index (χ1) is 58.3. The predicted molar refractivity (Wildman–Crippen MR) is 459 cm³/mol. The number of aromatic hydroxyl groups is 2. The van der Waals surface area contributed by atoms with Crippen molar-refractivity contribution in [3.05, 3.63) is 380 Å². The molecule has 0 fully saturated rings. The van der Waals surface area contributed by atoms with E-state index in [4.69, 9.17) is 20.3 Å². The van der Waals surface area contributed by atoms with E-state index in [0.29, 0.717) is 52.7 Å². The van der Waals surface area contributed by atoms with Crippen molar-refractivity contribution in [2.24, 2.45) is 0 Å². The predicted octanol–water partition coefficient (Wildman–Crippen LogP) is 17.1. The Labute approximate surface area is 702 Å². The van der Waals surface area contributed by atoms with Crippen LogP contribution in [0.5, 0.6) is 34.5 Å². The fourth-order valence-electron chi connectivity index (χ4n) is 14.2. The number of nitrogens with one attached hydrogen (secondary N) is 5. The maximum Gasteiger partial charge on any atom is 0.326 e. The van der Waals surface area contributed by atoms with Gasteiger partial charge >= 0.3 is 23.9 Å². The minimum absolute atomic E-state index is 0. The Morgan fingerprint density at radius 1 is 0.413 bits per heavy atom. The maximum atomic E-state index is 13.7. The number of hydrogen-bond donors (Lipinski definition) is 9. The van der Waals surface area contributed by atoms with Crippen LogP contribution >= 0.6 is 0 Å². The first kappa shape index (κ1) is 87.3. The van der Waals surface area contributed by atoms with E-state index in [-0.39, 0.29) is 55.9 Å². The molecule has 4 aliphatic heterocycles. The summed E-state index contributed by atoms with van der Waals surface area (Å²) in [5.41, 5.74) is 15.7. The summed E-state index contributed by atoms with van der Waals surface area (Å²) in [7, 11) is 0.916. The van der Waals surface area contributed by atoms with Crippen molar-refractivity contribution in [3.63, 3.8) is 0 Å². The molecule has 0 aromatic heterocycles. The molecule has 23 heteroatoms. The van der Waals surface area contributed by atoms with Crippen molar-refractivity contribution in [1.29, 1.82) is 0 Å². The van der Waals surface area contributed by atoms with E-state index in [1.54, 1.807) is 127 Å². The van der Waals surface area contributed by atoms with Crippen LogP contribution < -0.4 is 36.1 Å². The summed E-state index contributed by atoms with van der Waals surface area (Å²) in [5.74, 6) is -1.57. The van der Waals surface area contributed by atoms with Crippen LogP contribution in [0, 0.1) is 20.8 Å². The summed E-state index contributed by atoms with van der Waals surface area (Å²) in [6.45, 7) is 9.51. The Balaban J connectivity index is 0.000000172. The number of fused-ring (bicyclic) bond motifs is 12. The van der Waals surface area contributed by atoms with Crippen LogP contribution in [0.25, 0.3) is 0 Å². The van der Waals surface area contributed by atoms with Gasteiger partial charge < -0.3 is 70.7 Å². The van der Waals surface area contributed by atoms with Gasteiger partial charge in [0.05, 0.1) is 21.7 Å². The molecule has 4 heterocycles. The third kappa shape index (κ3) is 21.8. The van der Waals surface area contributed by atoms with Crippen LogP contribution in [-0.4, -0.2) is 100 Å². The summed E-state index contributed by atoms with van der Waals surface area (Å²) in [4.78, 5) is 93.0. The first-order valence-electron chi connectivity index (χ1n) is 39.0. The number of carbonyl (C=O) groups is 8. The van der Waals surface area contributed by atoms with Gasteiger partial charge in [0.15, 0.2) is 11.2 Å². The van der Waals surface area contributed by atoms with E-state index >= 15 is 0 Å². The molecular weight excluding hydrogens is 1540 g/mol. The zero-order valence-corrected chi connectivity index (χ0v) is 66.6. The molecule has 0 saturated carbocycles. The number of alkyl halides is 1. The number of ether oxygens (including phenoxy) is 5. The molecule has 3 unspecified atom stereocenters. The van der Waals surface area contributed by atoms with Crippen molar-refractivity contribution < 1.29 is 88.2 Å². The van der Waals surface area contributed by atoms with E-state index in [1.165, 1.54) is 42.7 Å². The molecule has 5 atom stereocenters. The number of phenols is 2. The summed E-state index contributed by atoms with van der Waals surface area (Å²) in [6, 6.07) is 84.3. The largest absolute Gasteiger partial charge is 0.508 e. The highest BCUT2D eigenvalue weighted by atomic mass is 19.1. The van der Waals surface area contributed by atoms with Crippen molar-refractivity contribution in [1.82, 2.24) is 16.0 Å². The molecule has 4 aliphatic rings. The maximum absolute atomic E-state index is 13.7. The highest BCUT2D eigenvalue weighted by molar-refractivity contribution is 6.02.